The summed E-state index contributed by atoms with van der Waals surface area (Å²) >= 11 is 13.6. The molecule has 3 rings (SSSR count). The lowest BCUT2D eigenvalue weighted by atomic mass is 10.1. The maximum atomic E-state index is 12.5. The zero-order chi connectivity index (χ0) is 21.0. The molecule has 0 spiro atoms. The Morgan fingerprint density at radius 3 is 2.38 bits per heavy atom. The lowest BCUT2D eigenvalue weighted by Gasteiger charge is -2.13. The average molecular weight is 453 g/mol. The van der Waals surface area contributed by atoms with Crippen molar-refractivity contribution in [2.45, 2.75) is 6.42 Å². The molecule has 0 saturated heterocycles. The number of anilines is 1. The van der Waals surface area contributed by atoms with Crippen LogP contribution in [0.2, 0.25) is 10.0 Å². The van der Waals surface area contributed by atoms with Gasteiger partial charge in [0.15, 0.2) is 16.6 Å². The minimum Gasteiger partial charge on any atom is -0.493 e. The number of ether oxygens (including phenoxy) is 3. The number of carbonyl (C=O) groups excluding carboxylic acids is 1. The fraction of sp³-hybridized carbons (Fsp3) is 0.200. The molecule has 0 radical (unpaired) electrons. The van der Waals surface area contributed by atoms with Crippen molar-refractivity contribution in [1.82, 2.24) is 4.98 Å². The molecule has 0 fully saturated rings. The van der Waals surface area contributed by atoms with Gasteiger partial charge in [-0.05, 0) is 35.9 Å². The smallest absolute Gasteiger partial charge is 0.230 e. The third-order valence-corrected chi connectivity index (χ3v) is 5.37. The van der Waals surface area contributed by atoms with Crippen molar-refractivity contribution >= 4 is 45.6 Å². The first kappa shape index (κ1) is 21.2. The Labute approximate surface area is 182 Å². The van der Waals surface area contributed by atoms with Crippen molar-refractivity contribution in [1.29, 1.82) is 0 Å². The van der Waals surface area contributed by atoms with Crippen LogP contribution in [0.5, 0.6) is 17.2 Å². The van der Waals surface area contributed by atoms with Crippen molar-refractivity contribution in [3.63, 3.8) is 0 Å². The minimum absolute atomic E-state index is 0.115. The molecule has 1 aromatic heterocycles. The number of carbonyl (C=O) groups is 1. The molecular formula is C20H18Cl2N2O4S. The van der Waals surface area contributed by atoms with Crippen LogP contribution in [0, 0.1) is 0 Å². The molecule has 29 heavy (non-hydrogen) atoms. The van der Waals surface area contributed by atoms with Gasteiger partial charge in [-0.3, -0.25) is 4.79 Å². The Morgan fingerprint density at radius 2 is 1.76 bits per heavy atom. The van der Waals surface area contributed by atoms with Gasteiger partial charge in [0.25, 0.3) is 0 Å². The summed E-state index contributed by atoms with van der Waals surface area (Å²) in [6.07, 6.45) is 0.115. The Hall–Kier alpha value is -2.48. The summed E-state index contributed by atoms with van der Waals surface area (Å²) < 4.78 is 15.9. The van der Waals surface area contributed by atoms with Crippen LogP contribution in [0.4, 0.5) is 5.13 Å². The van der Waals surface area contributed by atoms with Gasteiger partial charge in [0, 0.05) is 16.0 Å². The number of aromatic nitrogens is 1. The summed E-state index contributed by atoms with van der Waals surface area (Å²) in [5, 5.41) is 6.17. The van der Waals surface area contributed by atoms with Crippen LogP contribution in [0.15, 0.2) is 35.7 Å². The molecule has 3 aromatic rings. The van der Waals surface area contributed by atoms with E-state index in [2.05, 4.69) is 10.3 Å². The highest BCUT2D eigenvalue weighted by Crippen LogP contribution is 2.38. The fourth-order valence-electron chi connectivity index (χ4n) is 2.73. The number of nitrogens with zero attached hydrogens (tertiary/aromatic N) is 1. The Morgan fingerprint density at radius 1 is 1.07 bits per heavy atom. The van der Waals surface area contributed by atoms with E-state index in [1.807, 2.05) is 5.38 Å². The van der Waals surface area contributed by atoms with Crippen molar-refractivity contribution < 1.29 is 19.0 Å². The molecule has 1 N–H and O–H groups in total. The number of amides is 1. The van der Waals surface area contributed by atoms with E-state index >= 15 is 0 Å². The second-order valence-electron chi connectivity index (χ2n) is 5.92. The van der Waals surface area contributed by atoms with E-state index in [0.717, 1.165) is 0 Å². The van der Waals surface area contributed by atoms with Gasteiger partial charge in [0.2, 0.25) is 11.7 Å². The Balaban J connectivity index is 1.75. The van der Waals surface area contributed by atoms with Crippen LogP contribution in [0.1, 0.15) is 5.56 Å². The van der Waals surface area contributed by atoms with Gasteiger partial charge in [0.1, 0.15) is 0 Å². The lowest BCUT2D eigenvalue weighted by Crippen LogP contribution is -2.14. The van der Waals surface area contributed by atoms with E-state index in [4.69, 9.17) is 37.4 Å². The summed E-state index contributed by atoms with van der Waals surface area (Å²) in [6.45, 7) is 0. The topological polar surface area (TPSA) is 69.7 Å². The summed E-state index contributed by atoms with van der Waals surface area (Å²) in [5.74, 6) is 1.23. The van der Waals surface area contributed by atoms with Crippen LogP contribution in [-0.2, 0) is 11.2 Å². The van der Waals surface area contributed by atoms with E-state index in [1.54, 1.807) is 30.3 Å². The molecule has 0 bridgehead atoms. The van der Waals surface area contributed by atoms with Crippen LogP contribution >= 0.6 is 34.5 Å². The number of thiazole rings is 1. The molecule has 2 aromatic carbocycles. The monoisotopic (exact) mass is 452 g/mol. The van der Waals surface area contributed by atoms with Gasteiger partial charge >= 0.3 is 0 Å². The van der Waals surface area contributed by atoms with Gasteiger partial charge in [-0.15, -0.1) is 11.3 Å². The van der Waals surface area contributed by atoms with Crippen molar-refractivity contribution in [3.05, 3.63) is 51.3 Å². The molecule has 6 nitrogen and oxygen atoms in total. The minimum atomic E-state index is -0.225. The first-order valence-corrected chi connectivity index (χ1v) is 10.1. The van der Waals surface area contributed by atoms with Crippen molar-refractivity contribution in [3.8, 4) is 28.5 Å². The summed E-state index contributed by atoms with van der Waals surface area (Å²) in [7, 11) is 4.58. The van der Waals surface area contributed by atoms with Crippen LogP contribution in [-0.4, -0.2) is 32.2 Å². The molecule has 0 aliphatic heterocycles. The van der Waals surface area contributed by atoms with Gasteiger partial charge < -0.3 is 19.5 Å². The van der Waals surface area contributed by atoms with Crippen LogP contribution < -0.4 is 19.5 Å². The molecular weight excluding hydrogens is 435 g/mol. The Kier molecular flexibility index (Phi) is 6.84. The number of methoxy groups -OCH3 is 3. The molecule has 1 heterocycles. The maximum Gasteiger partial charge on any atom is 0.230 e. The molecule has 0 unspecified atom stereocenters. The predicted molar refractivity (Wildman–Crippen MR) is 116 cm³/mol. The predicted octanol–water partition coefficient (Wildman–Crippen LogP) is 5.32. The third kappa shape index (κ3) is 4.93. The van der Waals surface area contributed by atoms with Crippen LogP contribution in [0.3, 0.4) is 0 Å². The van der Waals surface area contributed by atoms with E-state index in [-0.39, 0.29) is 12.3 Å². The second kappa shape index (κ2) is 9.35. The highest BCUT2D eigenvalue weighted by molar-refractivity contribution is 7.14. The first-order valence-electron chi connectivity index (χ1n) is 8.44. The number of hydrogen-bond acceptors (Lipinski definition) is 6. The van der Waals surface area contributed by atoms with E-state index in [1.165, 1.54) is 32.7 Å². The van der Waals surface area contributed by atoms with E-state index in [9.17, 15) is 4.79 Å². The van der Waals surface area contributed by atoms with E-state index in [0.29, 0.717) is 49.2 Å². The standard InChI is InChI=1S/C20H18Cl2N2O4S/c1-26-16-6-11(7-17(27-2)19(16)28-3)8-18(25)24-20-23-15(10-29-20)13-9-12(21)4-5-14(13)22/h4-7,9-10H,8H2,1-3H3,(H,23,24,25). The first-order chi connectivity index (χ1) is 13.9. The summed E-state index contributed by atoms with van der Waals surface area (Å²) in [4.78, 5) is 16.9. The van der Waals surface area contributed by atoms with Gasteiger partial charge in [0.05, 0.1) is 38.5 Å². The SMILES string of the molecule is COc1cc(CC(=O)Nc2nc(-c3cc(Cl)ccc3Cl)cs2)cc(OC)c1OC. The lowest BCUT2D eigenvalue weighted by molar-refractivity contribution is -0.115. The average Bonchev–Trinajstić information content (AvgIpc) is 3.16. The largest absolute Gasteiger partial charge is 0.493 e. The third-order valence-electron chi connectivity index (χ3n) is 4.04. The van der Waals surface area contributed by atoms with Gasteiger partial charge in [-0.2, -0.15) is 0 Å². The number of rotatable bonds is 7. The molecule has 1 amide bonds. The van der Waals surface area contributed by atoms with Crippen molar-refractivity contribution in [2.75, 3.05) is 26.6 Å². The number of benzene rings is 2. The van der Waals surface area contributed by atoms with Gasteiger partial charge in [-0.25, -0.2) is 4.98 Å². The number of nitrogens with one attached hydrogen (secondary N) is 1. The quantitative estimate of drug-likeness (QED) is 0.524. The van der Waals surface area contributed by atoms with Gasteiger partial charge in [-0.1, -0.05) is 23.2 Å². The Bertz CT molecular complexity index is 1010. The summed E-state index contributed by atoms with van der Waals surface area (Å²) in [5.41, 5.74) is 2.07. The summed E-state index contributed by atoms with van der Waals surface area (Å²) in [6, 6.07) is 8.63. The molecule has 0 atom stereocenters. The highest BCUT2D eigenvalue weighted by Gasteiger charge is 2.16. The number of hydrogen-bond donors (Lipinski definition) is 1. The zero-order valence-electron chi connectivity index (χ0n) is 15.9. The normalized spacial score (nSPS) is 10.5. The molecule has 9 heteroatoms. The van der Waals surface area contributed by atoms with Crippen molar-refractivity contribution in [2.24, 2.45) is 0 Å². The maximum absolute atomic E-state index is 12.5. The molecule has 0 aliphatic rings. The zero-order valence-corrected chi connectivity index (χ0v) is 18.2. The molecule has 152 valence electrons. The molecule has 0 saturated carbocycles. The highest BCUT2D eigenvalue weighted by atomic mass is 35.5. The van der Waals surface area contributed by atoms with Crippen LogP contribution in [0.25, 0.3) is 11.3 Å². The second-order valence-corrected chi connectivity index (χ2v) is 7.62. The number of halogens is 2. The van der Waals surface area contributed by atoms with E-state index < -0.39 is 0 Å². The fourth-order valence-corrected chi connectivity index (χ4v) is 3.85. The molecule has 0 aliphatic carbocycles.